The van der Waals surface area contributed by atoms with Crippen LogP contribution in [0.5, 0.6) is 0 Å². The molecule has 0 aliphatic carbocycles. The Hall–Kier alpha value is -1.30. The Morgan fingerprint density at radius 2 is 1.62 bits per heavy atom. The molecule has 0 saturated heterocycles. The zero-order valence-electron chi connectivity index (χ0n) is 9.50. The van der Waals surface area contributed by atoms with Gasteiger partial charge in [0.25, 0.3) is 0 Å². The quantitative estimate of drug-likeness (QED) is 0.428. The first-order valence-electron chi connectivity index (χ1n) is 5.60. The number of nitrogens with two attached hydrogens (primary N) is 1. The lowest BCUT2D eigenvalue weighted by molar-refractivity contribution is -0.137. The van der Waals surface area contributed by atoms with E-state index in [0.29, 0.717) is 26.1 Å². The van der Waals surface area contributed by atoms with Gasteiger partial charge in [0.1, 0.15) is 0 Å². The summed E-state index contributed by atoms with van der Waals surface area (Å²) in [6, 6.07) is -0.198. The molecule has 0 rings (SSSR count). The molecule has 0 saturated carbocycles. The summed E-state index contributed by atoms with van der Waals surface area (Å²) >= 11 is 0. The molecule has 0 unspecified atom stereocenters. The van der Waals surface area contributed by atoms with Crippen LogP contribution in [0.15, 0.2) is 0 Å². The minimum absolute atomic E-state index is 0.198. The second-order valence-electron chi connectivity index (χ2n) is 3.53. The lowest BCUT2D eigenvalue weighted by atomic mass is 10.1. The highest BCUT2D eigenvalue weighted by molar-refractivity contribution is 5.73. The summed E-state index contributed by atoms with van der Waals surface area (Å²) in [4.78, 5) is 21.2. The van der Waals surface area contributed by atoms with Gasteiger partial charge in [0.05, 0.1) is 0 Å². The molecule has 0 radical (unpaired) electrons. The molecular weight excluding hydrogens is 210 g/mol. The molecule has 0 heterocycles. The molecule has 0 aromatic rings. The number of carboxylic acids is 1. The number of hydrogen-bond donors (Lipinski definition) is 4. The van der Waals surface area contributed by atoms with Gasteiger partial charge in [-0.3, -0.25) is 4.79 Å². The van der Waals surface area contributed by atoms with E-state index in [2.05, 4.69) is 10.6 Å². The topological polar surface area (TPSA) is 104 Å². The van der Waals surface area contributed by atoms with Crippen LogP contribution in [-0.2, 0) is 4.79 Å². The number of carbonyl (C=O) groups is 2. The molecule has 6 heteroatoms. The lowest BCUT2D eigenvalue weighted by Gasteiger charge is -2.05. The number of urea groups is 1. The van der Waals surface area contributed by atoms with Gasteiger partial charge in [0.15, 0.2) is 0 Å². The first kappa shape index (κ1) is 14.7. The van der Waals surface area contributed by atoms with Crippen molar-refractivity contribution in [2.75, 3.05) is 19.6 Å². The maximum absolute atomic E-state index is 11.0. The number of nitrogens with one attached hydrogen (secondary N) is 2. The van der Waals surface area contributed by atoms with E-state index in [0.717, 1.165) is 19.3 Å². The van der Waals surface area contributed by atoms with Crippen LogP contribution in [0, 0.1) is 0 Å². The third-order valence-electron chi connectivity index (χ3n) is 2.03. The summed E-state index contributed by atoms with van der Waals surface area (Å²) in [7, 11) is 0. The van der Waals surface area contributed by atoms with E-state index in [9.17, 15) is 9.59 Å². The first-order valence-corrected chi connectivity index (χ1v) is 5.60. The monoisotopic (exact) mass is 231 g/mol. The fraction of sp³-hybridized carbons (Fsp3) is 0.800. The van der Waals surface area contributed by atoms with Crippen molar-refractivity contribution in [2.45, 2.75) is 32.1 Å². The summed E-state index contributed by atoms with van der Waals surface area (Å²) in [5.41, 5.74) is 5.22. The Bertz CT molecular complexity index is 209. The normalized spacial score (nSPS) is 9.81. The summed E-state index contributed by atoms with van der Waals surface area (Å²) < 4.78 is 0. The molecule has 0 aromatic heterocycles. The maximum atomic E-state index is 11.0. The van der Waals surface area contributed by atoms with Gasteiger partial charge < -0.3 is 21.5 Å². The highest BCUT2D eigenvalue weighted by Crippen LogP contribution is 2.01. The van der Waals surface area contributed by atoms with Crippen molar-refractivity contribution < 1.29 is 14.7 Å². The maximum Gasteiger partial charge on any atom is 0.314 e. The van der Waals surface area contributed by atoms with Crippen LogP contribution in [0.1, 0.15) is 32.1 Å². The predicted molar refractivity (Wildman–Crippen MR) is 61.2 cm³/mol. The Morgan fingerprint density at radius 1 is 1.00 bits per heavy atom. The van der Waals surface area contributed by atoms with Gasteiger partial charge in [0, 0.05) is 26.1 Å². The fourth-order valence-corrected chi connectivity index (χ4v) is 1.20. The number of carboxylic acid groups (broad SMARTS) is 1. The van der Waals surface area contributed by atoms with Crippen molar-refractivity contribution in [2.24, 2.45) is 5.73 Å². The van der Waals surface area contributed by atoms with Crippen LogP contribution in [0.25, 0.3) is 0 Å². The smallest absolute Gasteiger partial charge is 0.314 e. The summed E-state index contributed by atoms with van der Waals surface area (Å²) in [6.45, 7) is 1.52. The van der Waals surface area contributed by atoms with Crippen molar-refractivity contribution in [1.82, 2.24) is 10.6 Å². The number of hydrogen-bond acceptors (Lipinski definition) is 3. The average molecular weight is 231 g/mol. The Balaban J connectivity index is 3.14. The number of unbranched alkanes of at least 4 members (excludes halogenated alkanes) is 3. The molecule has 0 atom stereocenters. The van der Waals surface area contributed by atoms with E-state index in [1.165, 1.54) is 0 Å². The van der Waals surface area contributed by atoms with Gasteiger partial charge in [-0.15, -0.1) is 0 Å². The average Bonchev–Trinajstić information content (AvgIpc) is 2.24. The van der Waals surface area contributed by atoms with Crippen molar-refractivity contribution in [1.29, 1.82) is 0 Å². The number of rotatable bonds is 9. The number of aliphatic carboxylic acids is 1. The van der Waals surface area contributed by atoms with Gasteiger partial charge in [0.2, 0.25) is 0 Å². The molecule has 0 fully saturated rings. The third kappa shape index (κ3) is 10.8. The Morgan fingerprint density at radius 3 is 2.25 bits per heavy atom. The van der Waals surface area contributed by atoms with Crippen LogP contribution in [-0.4, -0.2) is 36.7 Å². The van der Waals surface area contributed by atoms with Crippen LogP contribution < -0.4 is 16.4 Å². The van der Waals surface area contributed by atoms with Crippen molar-refractivity contribution in [3.8, 4) is 0 Å². The van der Waals surface area contributed by atoms with Gasteiger partial charge in [-0.25, -0.2) is 4.79 Å². The molecule has 0 spiro atoms. The first-order chi connectivity index (χ1) is 7.66. The van der Waals surface area contributed by atoms with Gasteiger partial charge in [-0.05, 0) is 12.8 Å². The SMILES string of the molecule is NCCNC(=O)NCCCCCCC(=O)O. The lowest BCUT2D eigenvalue weighted by Crippen LogP contribution is -2.38. The third-order valence-corrected chi connectivity index (χ3v) is 2.03. The van der Waals surface area contributed by atoms with Crippen LogP contribution in [0.2, 0.25) is 0 Å². The molecular formula is C10H21N3O3. The van der Waals surface area contributed by atoms with E-state index in [1.807, 2.05) is 0 Å². The predicted octanol–water partition coefficient (Wildman–Crippen LogP) is 0.279. The van der Waals surface area contributed by atoms with Crippen molar-refractivity contribution in [3.05, 3.63) is 0 Å². The van der Waals surface area contributed by atoms with E-state index in [-0.39, 0.29) is 12.5 Å². The standard InChI is InChI=1S/C10H21N3O3/c11-6-8-13-10(16)12-7-4-2-1-3-5-9(14)15/h1-8,11H2,(H,14,15)(H2,12,13,16). The molecule has 0 aliphatic rings. The molecule has 0 aliphatic heterocycles. The molecule has 5 N–H and O–H groups in total. The number of amides is 2. The van der Waals surface area contributed by atoms with Crippen molar-refractivity contribution >= 4 is 12.0 Å². The van der Waals surface area contributed by atoms with E-state index < -0.39 is 5.97 Å². The van der Waals surface area contributed by atoms with Crippen molar-refractivity contribution in [3.63, 3.8) is 0 Å². The van der Waals surface area contributed by atoms with E-state index in [4.69, 9.17) is 10.8 Å². The van der Waals surface area contributed by atoms with Gasteiger partial charge in [-0.2, -0.15) is 0 Å². The minimum Gasteiger partial charge on any atom is -0.481 e. The van der Waals surface area contributed by atoms with Crippen LogP contribution in [0.3, 0.4) is 0 Å². The second kappa shape index (κ2) is 10.2. The molecule has 94 valence electrons. The number of carbonyl (C=O) groups excluding carboxylic acids is 1. The molecule has 0 bridgehead atoms. The fourth-order valence-electron chi connectivity index (χ4n) is 1.20. The Labute approximate surface area is 95.6 Å². The van der Waals surface area contributed by atoms with Crippen LogP contribution >= 0.6 is 0 Å². The zero-order chi connectivity index (χ0) is 12.2. The molecule has 16 heavy (non-hydrogen) atoms. The highest BCUT2D eigenvalue weighted by atomic mass is 16.4. The van der Waals surface area contributed by atoms with E-state index >= 15 is 0 Å². The summed E-state index contributed by atoms with van der Waals surface area (Å²) in [5.74, 6) is -0.751. The van der Waals surface area contributed by atoms with Crippen LogP contribution in [0.4, 0.5) is 4.79 Å². The molecule has 2 amide bonds. The Kier molecular flexibility index (Phi) is 9.39. The highest BCUT2D eigenvalue weighted by Gasteiger charge is 1.98. The summed E-state index contributed by atoms with van der Waals surface area (Å²) in [6.07, 6.45) is 3.62. The summed E-state index contributed by atoms with van der Waals surface area (Å²) in [5, 5.41) is 13.7. The molecule has 6 nitrogen and oxygen atoms in total. The van der Waals surface area contributed by atoms with Gasteiger partial charge >= 0.3 is 12.0 Å². The second-order valence-corrected chi connectivity index (χ2v) is 3.53. The van der Waals surface area contributed by atoms with Gasteiger partial charge in [-0.1, -0.05) is 12.8 Å². The molecule has 0 aromatic carbocycles. The zero-order valence-corrected chi connectivity index (χ0v) is 9.50. The minimum atomic E-state index is -0.751. The largest absolute Gasteiger partial charge is 0.481 e. The van der Waals surface area contributed by atoms with E-state index in [1.54, 1.807) is 0 Å².